The van der Waals surface area contributed by atoms with E-state index in [2.05, 4.69) is 0 Å². The van der Waals surface area contributed by atoms with Crippen LogP contribution < -0.4 is 0 Å². The van der Waals surface area contributed by atoms with Gasteiger partial charge in [-0.1, -0.05) is 18.2 Å². The Morgan fingerprint density at radius 1 is 1.16 bits per heavy atom. The molecule has 3 rings (SSSR count). The molecule has 0 radical (unpaired) electrons. The molecule has 1 N–H and O–H groups in total. The summed E-state index contributed by atoms with van der Waals surface area (Å²) in [6, 6.07) is 9.74. The average molecular weight is 345 g/mol. The van der Waals surface area contributed by atoms with Crippen LogP contribution in [0.25, 0.3) is 0 Å². The minimum absolute atomic E-state index is 0.101. The number of amides is 1. The molecule has 1 fully saturated rings. The van der Waals surface area contributed by atoms with Gasteiger partial charge in [-0.3, -0.25) is 4.79 Å². The molecular weight excluding hydrogens is 328 g/mol. The van der Waals surface area contributed by atoms with Crippen molar-refractivity contribution in [1.29, 1.82) is 0 Å². The van der Waals surface area contributed by atoms with E-state index in [9.17, 15) is 18.4 Å². The maximum Gasteiger partial charge on any atom is 0.335 e. The van der Waals surface area contributed by atoms with Crippen molar-refractivity contribution in [3.8, 4) is 0 Å². The van der Waals surface area contributed by atoms with Crippen molar-refractivity contribution in [2.45, 2.75) is 18.9 Å². The lowest BCUT2D eigenvalue weighted by Gasteiger charge is -2.17. The summed E-state index contributed by atoms with van der Waals surface area (Å²) < 4.78 is 26.8. The fourth-order valence-corrected chi connectivity index (χ4v) is 3.00. The van der Waals surface area contributed by atoms with Crippen molar-refractivity contribution in [3.05, 3.63) is 70.8 Å². The first-order valence-corrected chi connectivity index (χ1v) is 7.89. The molecule has 6 heteroatoms. The van der Waals surface area contributed by atoms with E-state index < -0.39 is 17.6 Å². The number of hydrogen-bond acceptors (Lipinski definition) is 2. The molecule has 0 heterocycles. The lowest BCUT2D eigenvalue weighted by Crippen LogP contribution is -2.28. The van der Waals surface area contributed by atoms with Crippen LogP contribution in [0.1, 0.15) is 33.8 Å². The number of benzene rings is 2. The van der Waals surface area contributed by atoms with Gasteiger partial charge in [-0.25, -0.2) is 13.6 Å². The summed E-state index contributed by atoms with van der Waals surface area (Å²) in [7, 11) is 1.66. The van der Waals surface area contributed by atoms with E-state index in [4.69, 9.17) is 5.11 Å². The highest BCUT2D eigenvalue weighted by Crippen LogP contribution is 2.49. The fourth-order valence-electron chi connectivity index (χ4n) is 3.00. The van der Waals surface area contributed by atoms with Gasteiger partial charge in [0.1, 0.15) is 11.6 Å². The van der Waals surface area contributed by atoms with Gasteiger partial charge in [0.2, 0.25) is 5.91 Å². The van der Waals surface area contributed by atoms with Crippen LogP contribution >= 0.6 is 0 Å². The Bertz CT molecular complexity index is 820. The molecule has 2 atom stereocenters. The molecule has 2 aromatic rings. The van der Waals surface area contributed by atoms with Crippen molar-refractivity contribution >= 4 is 11.9 Å². The van der Waals surface area contributed by atoms with Gasteiger partial charge in [0.05, 0.1) is 5.56 Å². The summed E-state index contributed by atoms with van der Waals surface area (Å²) in [4.78, 5) is 24.9. The van der Waals surface area contributed by atoms with E-state index in [1.54, 1.807) is 24.1 Å². The zero-order valence-corrected chi connectivity index (χ0v) is 13.6. The normalized spacial score (nSPS) is 18.7. The van der Waals surface area contributed by atoms with E-state index in [-0.39, 0.29) is 23.3 Å². The van der Waals surface area contributed by atoms with Gasteiger partial charge in [0.25, 0.3) is 0 Å². The van der Waals surface area contributed by atoms with Gasteiger partial charge in [-0.15, -0.1) is 0 Å². The van der Waals surface area contributed by atoms with E-state index in [0.29, 0.717) is 18.5 Å². The first kappa shape index (κ1) is 17.1. The first-order valence-electron chi connectivity index (χ1n) is 7.89. The standard InChI is InChI=1S/C19H17F2NO3/c1-22(10-11-2-4-12(5-3-11)19(24)25)18(23)16-9-15(16)14-7-6-13(20)8-17(14)21/h2-8,15-16H,9-10H2,1H3,(H,24,25). The molecule has 0 aromatic heterocycles. The SMILES string of the molecule is CN(Cc1ccc(C(=O)O)cc1)C(=O)C1CC1c1ccc(F)cc1F. The van der Waals surface area contributed by atoms with Crippen molar-refractivity contribution in [1.82, 2.24) is 4.90 Å². The zero-order chi connectivity index (χ0) is 18.1. The van der Waals surface area contributed by atoms with Crippen LogP contribution in [-0.4, -0.2) is 28.9 Å². The number of carboxylic acids is 1. The number of nitrogens with zero attached hydrogens (tertiary/aromatic N) is 1. The summed E-state index contributed by atoms with van der Waals surface area (Å²) in [5.74, 6) is -2.87. The number of aromatic carboxylic acids is 1. The lowest BCUT2D eigenvalue weighted by atomic mass is 10.1. The summed E-state index contributed by atoms with van der Waals surface area (Å²) >= 11 is 0. The Hall–Kier alpha value is -2.76. The highest BCUT2D eigenvalue weighted by molar-refractivity contribution is 5.87. The van der Waals surface area contributed by atoms with Crippen LogP contribution in [0.15, 0.2) is 42.5 Å². The number of carbonyl (C=O) groups excluding carboxylic acids is 1. The lowest BCUT2D eigenvalue weighted by molar-refractivity contribution is -0.131. The minimum atomic E-state index is -1.00. The molecule has 4 nitrogen and oxygen atoms in total. The second kappa shape index (κ2) is 6.63. The van der Waals surface area contributed by atoms with Gasteiger partial charge in [-0.05, 0) is 41.7 Å². The minimum Gasteiger partial charge on any atom is -0.478 e. The third kappa shape index (κ3) is 3.68. The van der Waals surface area contributed by atoms with Crippen LogP contribution in [0.4, 0.5) is 8.78 Å². The van der Waals surface area contributed by atoms with E-state index in [1.807, 2.05) is 0 Å². The smallest absolute Gasteiger partial charge is 0.335 e. The molecular formula is C19H17F2NO3. The zero-order valence-electron chi connectivity index (χ0n) is 13.6. The second-order valence-electron chi connectivity index (χ2n) is 6.31. The van der Waals surface area contributed by atoms with Crippen molar-refractivity contribution in [3.63, 3.8) is 0 Å². The highest BCUT2D eigenvalue weighted by Gasteiger charge is 2.46. The van der Waals surface area contributed by atoms with Gasteiger partial charge >= 0.3 is 5.97 Å². The number of halogens is 2. The Labute approximate surface area is 143 Å². The van der Waals surface area contributed by atoms with Gasteiger partial charge < -0.3 is 10.0 Å². The first-order chi connectivity index (χ1) is 11.9. The van der Waals surface area contributed by atoms with Gasteiger partial charge in [0, 0.05) is 25.6 Å². The van der Waals surface area contributed by atoms with Crippen molar-refractivity contribution in [2.75, 3.05) is 7.05 Å². The van der Waals surface area contributed by atoms with Gasteiger partial charge in [-0.2, -0.15) is 0 Å². The third-order valence-corrected chi connectivity index (χ3v) is 4.47. The summed E-state index contributed by atoms with van der Waals surface area (Å²) in [5.41, 5.74) is 1.37. The van der Waals surface area contributed by atoms with Gasteiger partial charge in [0.15, 0.2) is 0 Å². The van der Waals surface area contributed by atoms with E-state index in [1.165, 1.54) is 24.3 Å². The van der Waals surface area contributed by atoms with E-state index in [0.717, 1.165) is 11.6 Å². The molecule has 2 aromatic carbocycles. The molecule has 1 aliphatic carbocycles. The van der Waals surface area contributed by atoms with Crippen LogP contribution in [-0.2, 0) is 11.3 Å². The molecule has 0 saturated heterocycles. The van der Waals surface area contributed by atoms with Crippen LogP contribution in [0.2, 0.25) is 0 Å². The molecule has 0 aliphatic heterocycles. The monoisotopic (exact) mass is 345 g/mol. The summed E-state index contributed by atoms with van der Waals surface area (Å²) in [6.07, 6.45) is 0.545. The molecule has 1 saturated carbocycles. The van der Waals surface area contributed by atoms with Crippen LogP contribution in [0, 0.1) is 17.6 Å². The summed E-state index contributed by atoms with van der Waals surface area (Å²) in [5, 5.41) is 8.89. The molecule has 1 aliphatic rings. The molecule has 0 bridgehead atoms. The topological polar surface area (TPSA) is 57.6 Å². The predicted octanol–water partition coefficient (Wildman–Crippen LogP) is 3.43. The highest BCUT2D eigenvalue weighted by atomic mass is 19.1. The maximum absolute atomic E-state index is 13.8. The Kier molecular flexibility index (Phi) is 4.53. The molecule has 130 valence electrons. The van der Waals surface area contributed by atoms with Crippen molar-refractivity contribution in [2.24, 2.45) is 5.92 Å². The largest absolute Gasteiger partial charge is 0.478 e. The Morgan fingerprint density at radius 3 is 2.44 bits per heavy atom. The Balaban J connectivity index is 1.62. The number of rotatable bonds is 5. The van der Waals surface area contributed by atoms with E-state index >= 15 is 0 Å². The number of carboxylic acid groups (broad SMARTS) is 1. The quantitative estimate of drug-likeness (QED) is 0.903. The van der Waals surface area contributed by atoms with Crippen LogP contribution in [0.5, 0.6) is 0 Å². The average Bonchev–Trinajstić information content (AvgIpc) is 3.35. The molecule has 1 amide bonds. The predicted molar refractivity (Wildman–Crippen MR) is 87.1 cm³/mol. The third-order valence-electron chi connectivity index (χ3n) is 4.47. The maximum atomic E-state index is 13.8. The second-order valence-corrected chi connectivity index (χ2v) is 6.31. The fraction of sp³-hybridized carbons (Fsp3) is 0.263. The summed E-state index contributed by atoms with van der Waals surface area (Å²) in [6.45, 7) is 0.341. The molecule has 25 heavy (non-hydrogen) atoms. The number of hydrogen-bond donors (Lipinski definition) is 1. The Morgan fingerprint density at radius 2 is 1.84 bits per heavy atom. The molecule has 0 spiro atoms. The number of carbonyl (C=O) groups is 2. The van der Waals surface area contributed by atoms with Crippen LogP contribution in [0.3, 0.4) is 0 Å². The molecule has 2 unspecified atom stereocenters. The van der Waals surface area contributed by atoms with Crippen molar-refractivity contribution < 1.29 is 23.5 Å².